The zero-order valence-electron chi connectivity index (χ0n) is 14.8. The Morgan fingerprint density at radius 2 is 1.88 bits per heavy atom. The monoisotopic (exact) mass is 339 g/mol. The van der Waals surface area contributed by atoms with Crippen molar-refractivity contribution in [3.8, 4) is 5.75 Å². The van der Waals surface area contributed by atoms with E-state index in [1.807, 2.05) is 12.4 Å². The predicted octanol–water partition coefficient (Wildman–Crippen LogP) is 2.98. The average Bonchev–Trinajstić information content (AvgIpc) is 2.79. The van der Waals surface area contributed by atoms with Gasteiger partial charge in [-0.2, -0.15) is 0 Å². The Balaban J connectivity index is 1.59. The molecule has 5 heteroatoms. The quantitative estimate of drug-likeness (QED) is 0.860. The molecule has 4 rings (SSSR count). The van der Waals surface area contributed by atoms with Gasteiger partial charge in [0, 0.05) is 62.4 Å². The topological polar surface area (TPSA) is 47.5 Å². The van der Waals surface area contributed by atoms with Crippen molar-refractivity contribution in [3.05, 3.63) is 53.6 Å². The molecule has 0 amide bonds. The zero-order chi connectivity index (χ0) is 17.1. The summed E-state index contributed by atoms with van der Waals surface area (Å²) in [6.07, 6.45) is 6.65. The SMILES string of the molecule is CCc1ncc(CN2Cc3ccccc3OC3(CCOCC3)C2)cn1. The highest BCUT2D eigenvalue weighted by Crippen LogP contribution is 2.35. The first-order valence-electron chi connectivity index (χ1n) is 9.13. The van der Waals surface area contributed by atoms with E-state index in [-0.39, 0.29) is 5.60 Å². The number of nitrogens with zero attached hydrogens (tertiary/aromatic N) is 3. The maximum Gasteiger partial charge on any atom is 0.127 e. The van der Waals surface area contributed by atoms with E-state index < -0.39 is 0 Å². The normalized spacial score (nSPS) is 19.9. The maximum atomic E-state index is 6.54. The van der Waals surface area contributed by atoms with Gasteiger partial charge in [-0.15, -0.1) is 0 Å². The molecule has 1 aromatic carbocycles. The molecule has 0 N–H and O–H groups in total. The van der Waals surface area contributed by atoms with Crippen molar-refractivity contribution in [1.82, 2.24) is 14.9 Å². The van der Waals surface area contributed by atoms with E-state index in [0.717, 1.165) is 69.2 Å². The molecular weight excluding hydrogens is 314 g/mol. The fraction of sp³-hybridized carbons (Fsp3) is 0.500. The third-order valence-corrected chi connectivity index (χ3v) is 5.09. The Morgan fingerprint density at radius 3 is 2.64 bits per heavy atom. The Kier molecular flexibility index (Phi) is 4.68. The molecule has 0 aliphatic carbocycles. The first kappa shape index (κ1) is 16.5. The molecule has 0 unspecified atom stereocenters. The van der Waals surface area contributed by atoms with Gasteiger partial charge >= 0.3 is 0 Å². The van der Waals surface area contributed by atoms with Gasteiger partial charge in [0.2, 0.25) is 0 Å². The van der Waals surface area contributed by atoms with Crippen molar-refractivity contribution < 1.29 is 9.47 Å². The van der Waals surface area contributed by atoms with E-state index in [2.05, 4.69) is 46.1 Å². The summed E-state index contributed by atoms with van der Waals surface area (Å²) >= 11 is 0. The molecule has 2 aliphatic heterocycles. The molecule has 1 saturated heterocycles. The summed E-state index contributed by atoms with van der Waals surface area (Å²) in [5.74, 6) is 1.92. The second kappa shape index (κ2) is 7.10. The van der Waals surface area contributed by atoms with Crippen LogP contribution in [0.25, 0.3) is 0 Å². The van der Waals surface area contributed by atoms with Crippen molar-refractivity contribution in [2.24, 2.45) is 0 Å². The summed E-state index contributed by atoms with van der Waals surface area (Å²) in [4.78, 5) is 11.4. The second-order valence-corrected chi connectivity index (χ2v) is 7.01. The zero-order valence-corrected chi connectivity index (χ0v) is 14.8. The Labute approximate surface area is 149 Å². The summed E-state index contributed by atoms with van der Waals surface area (Å²) in [6, 6.07) is 8.40. The van der Waals surface area contributed by atoms with Crippen molar-refractivity contribution in [1.29, 1.82) is 0 Å². The standard InChI is InChI=1S/C20H25N3O2/c1-2-19-21-11-16(12-22-19)13-23-14-17-5-3-4-6-18(17)25-20(15-23)7-9-24-10-8-20/h3-6,11-12H,2,7-10,13-15H2,1H3. The minimum atomic E-state index is -0.158. The number of fused-ring (bicyclic) bond motifs is 1. The third kappa shape index (κ3) is 3.67. The smallest absolute Gasteiger partial charge is 0.127 e. The molecule has 1 fully saturated rings. The van der Waals surface area contributed by atoms with E-state index in [0.29, 0.717) is 0 Å². The van der Waals surface area contributed by atoms with Gasteiger partial charge in [-0.1, -0.05) is 25.1 Å². The third-order valence-electron chi connectivity index (χ3n) is 5.09. The fourth-order valence-corrected chi connectivity index (χ4v) is 3.72. The predicted molar refractivity (Wildman–Crippen MR) is 95.4 cm³/mol. The number of hydrogen-bond acceptors (Lipinski definition) is 5. The largest absolute Gasteiger partial charge is 0.485 e. The molecule has 0 radical (unpaired) electrons. The molecule has 3 heterocycles. The minimum Gasteiger partial charge on any atom is -0.485 e. The summed E-state index contributed by atoms with van der Waals surface area (Å²) in [7, 11) is 0. The van der Waals surface area contributed by atoms with Crippen LogP contribution in [0.3, 0.4) is 0 Å². The van der Waals surface area contributed by atoms with Gasteiger partial charge < -0.3 is 9.47 Å². The van der Waals surface area contributed by atoms with Crippen LogP contribution in [0.5, 0.6) is 5.75 Å². The highest BCUT2D eigenvalue weighted by Gasteiger charge is 2.39. The number of ether oxygens (including phenoxy) is 2. The van der Waals surface area contributed by atoms with Crippen LogP contribution in [-0.2, 0) is 24.2 Å². The molecule has 0 saturated carbocycles. The van der Waals surface area contributed by atoms with Gasteiger partial charge in [0.05, 0.1) is 13.2 Å². The lowest BCUT2D eigenvalue weighted by Crippen LogP contribution is -2.49. The van der Waals surface area contributed by atoms with Gasteiger partial charge in [0.1, 0.15) is 17.2 Å². The van der Waals surface area contributed by atoms with Crippen molar-refractivity contribution in [3.63, 3.8) is 0 Å². The number of para-hydroxylation sites is 1. The van der Waals surface area contributed by atoms with E-state index in [1.165, 1.54) is 5.56 Å². The van der Waals surface area contributed by atoms with Crippen LogP contribution in [0.4, 0.5) is 0 Å². The van der Waals surface area contributed by atoms with E-state index in [9.17, 15) is 0 Å². The fourth-order valence-electron chi connectivity index (χ4n) is 3.72. The summed E-state index contributed by atoms with van der Waals surface area (Å²) in [6.45, 7) is 6.24. The molecule has 2 aliphatic rings. The van der Waals surface area contributed by atoms with Crippen molar-refractivity contribution in [2.75, 3.05) is 19.8 Å². The van der Waals surface area contributed by atoms with Crippen LogP contribution in [0.1, 0.15) is 36.7 Å². The van der Waals surface area contributed by atoms with Crippen LogP contribution >= 0.6 is 0 Å². The lowest BCUT2D eigenvalue weighted by atomic mass is 9.93. The van der Waals surface area contributed by atoms with Gasteiger partial charge in [0.15, 0.2) is 0 Å². The van der Waals surface area contributed by atoms with Gasteiger partial charge in [0.25, 0.3) is 0 Å². The Bertz CT molecular complexity index is 711. The number of aryl methyl sites for hydroxylation is 1. The second-order valence-electron chi connectivity index (χ2n) is 7.01. The van der Waals surface area contributed by atoms with Crippen molar-refractivity contribution >= 4 is 0 Å². The number of benzene rings is 1. The van der Waals surface area contributed by atoms with Gasteiger partial charge in [-0.3, -0.25) is 4.90 Å². The minimum absolute atomic E-state index is 0.158. The molecular formula is C20H25N3O2. The van der Waals surface area contributed by atoms with E-state index in [4.69, 9.17) is 9.47 Å². The van der Waals surface area contributed by atoms with Crippen molar-refractivity contribution in [2.45, 2.75) is 44.9 Å². The number of aromatic nitrogens is 2. The van der Waals surface area contributed by atoms with Gasteiger partial charge in [-0.05, 0) is 6.07 Å². The molecule has 0 atom stereocenters. The van der Waals surface area contributed by atoms with Gasteiger partial charge in [-0.25, -0.2) is 9.97 Å². The average molecular weight is 339 g/mol. The first-order valence-corrected chi connectivity index (χ1v) is 9.13. The Hall–Kier alpha value is -1.98. The van der Waals surface area contributed by atoms with Crippen LogP contribution in [-0.4, -0.2) is 40.2 Å². The number of hydrogen-bond donors (Lipinski definition) is 0. The van der Waals surface area contributed by atoms with Crippen LogP contribution in [0.2, 0.25) is 0 Å². The summed E-state index contributed by atoms with van der Waals surface area (Å²) in [5.41, 5.74) is 2.24. The Morgan fingerprint density at radius 1 is 1.12 bits per heavy atom. The highest BCUT2D eigenvalue weighted by atomic mass is 16.5. The molecule has 0 bridgehead atoms. The summed E-state index contributed by atoms with van der Waals surface area (Å²) in [5, 5.41) is 0. The van der Waals surface area contributed by atoms with E-state index in [1.54, 1.807) is 0 Å². The van der Waals surface area contributed by atoms with Crippen LogP contribution in [0, 0.1) is 0 Å². The van der Waals surface area contributed by atoms with Crippen LogP contribution in [0.15, 0.2) is 36.7 Å². The first-order chi connectivity index (χ1) is 12.3. The molecule has 5 nitrogen and oxygen atoms in total. The molecule has 132 valence electrons. The molecule has 25 heavy (non-hydrogen) atoms. The molecule has 1 aromatic heterocycles. The number of rotatable bonds is 3. The lowest BCUT2D eigenvalue weighted by molar-refractivity contribution is -0.0594. The molecule has 1 spiro atoms. The van der Waals surface area contributed by atoms with Crippen LogP contribution < -0.4 is 4.74 Å². The molecule has 2 aromatic rings. The lowest BCUT2D eigenvalue weighted by Gasteiger charge is -2.39. The highest BCUT2D eigenvalue weighted by molar-refractivity contribution is 5.35. The summed E-state index contributed by atoms with van der Waals surface area (Å²) < 4.78 is 12.1. The van der Waals surface area contributed by atoms with E-state index >= 15 is 0 Å². The maximum absolute atomic E-state index is 6.54.